The maximum absolute atomic E-state index is 13.4. The maximum Gasteiger partial charge on any atom is 0.416 e. The molecule has 0 amide bonds. The van der Waals surface area contributed by atoms with Crippen LogP contribution in [-0.4, -0.2) is 44.4 Å². The van der Waals surface area contributed by atoms with Gasteiger partial charge in [-0.15, -0.1) is 0 Å². The molecule has 218 valence electrons. The SMILES string of the molecule is CC(CN(CCCOc1ccc(C(C)(C)O)c(S(C)(=O)=O)c1)Cc1cccc(C(F)(F)F)c1)c1ccc(F)cc1. The molecule has 0 heterocycles. The van der Waals surface area contributed by atoms with Gasteiger partial charge in [0, 0.05) is 31.5 Å². The highest BCUT2D eigenvalue weighted by atomic mass is 32.2. The van der Waals surface area contributed by atoms with E-state index in [1.54, 1.807) is 24.3 Å². The third kappa shape index (κ3) is 9.04. The van der Waals surface area contributed by atoms with Crippen molar-refractivity contribution in [3.8, 4) is 5.75 Å². The molecule has 3 rings (SSSR count). The summed E-state index contributed by atoms with van der Waals surface area (Å²) in [5, 5.41) is 10.4. The van der Waals surface area contributed by atoms with Crippen LogP contribution in [-0.2, 0) is 28.2 Å². The molecule has 0 aliphatic heterocycles. The van der Waals surface area contributed by atoms with E-state index >= 15 is 0 Å². The molecule has 0 spiro atoms. The number of hydrogen-bond donors (Lipinski definition) is 1. The summed E-state index contributed by atoms with van der Waals surface area (Å²) in [5.74, 6) is -0.0277. The van der Waals surface area contributed by atoms with E-state index < -0.39 is 27.2 Å². The average Bonchev–Trinajstić information content (AvgIpc) is 2.85. The third-order valence-electron chi connectivity index (χ3n) is 6.53. The molecule has 40 heavy (non-hydrogen) atoms. The van der Waals surface area contributed by atoms with Gasteiger partial charge >= 0.3 is 6.18 Å². The molecule has 0 fully saturated rings. The van der Waals surface area contributed by atoms with E-state index in [2.05, 4.69) is 0 Å². The molecule has 3 aromatic rings. The minimum Gasteiger partial charge on any atom is -0.494 e. The molecule has 0 bridgehead atoms. The number of benzene rings is 3. The average molecular weight is 582 g/mol. The van der Waals surface area contributed by atoms with Crippen molar-refractivity contribution >= 4 is 9.84 Å². The Morgan fingerprint density at radius 3 is 2.27 bits per heavy atom. The quantitative estimate of drug-likeness (QED) is 0.194. The van der Waals surface area contributed by atoms with Crippen LogP contribution in [0.5, 0.6) is 5.75 Å². The molecule has 1 atom stereocenters. The van der Waals surface area contributed by atoms with E-state index in [1.165, 1.54) is 44.2 Å². The van der Waals surface area contributed by atoms with Crippen LogP contribution in [0.15, 0.2) is 71.6 Å². The van der Waals surface area contributed by atoms with Crippen LogP contribution >= 0.6 is 0 Å². The number of aliphatic hydroxyl groups is 1. The van der Waals surface area contributed by atoms with E-state index in [4.69, 9.17) is 4.74 Å². The van der Waals surface area contributed by atoms with Gasteiger partial charge < -0.3 is 9.84 Å². The number of ether oxygens (including phenoxy) is 1. The van der Waals surface area contributed by atoms with Crippen LogP contribution in [0, 0.1) is 5.82 Å². The Morgan fingerprint density at radius 1 is 1.00 bits per heavy atom. The van der Waals surface area contributed by atoms with Crippen LogP contribution < -0.4 is 4.74 Å². The first kappa shape index (κ1) is 31.6. The van der Waals surface area contributed by atoms with Gasteiger partial charge in [0.2, 0.25) is 0 Å². The Kier molecular flexibility index (Phi) is 10.0. The van der Waals surface area contributed by atoms with E-state index in [-0.39, 0.29) is 35.3 Å². The summed E-state index contributed by atoms with van der Waals surface area (Å²) >= 11 is 0. The molecule has 0 radical (unpaired) electrons. The summed E-state index contributed by atoms with van der Waals surface area (Å²) < 4.78 is 83.6. The largest absolute Gasteiger partial charge is 0.494 e. The predicted molar refractivity (Wildman–Crippen MR) is 146 cm³/mol. The van der Waals surface area contributed by atoms with Crippen molar-refractivity contribution in [2.24, 2.45) is 0 Å². The van der Waals surface area contributed by atoms with Gasteiger partial charge in [0.1, 0.15) is 11.6 Å². The van der Waals surface area contributed by atoms with Crippen LogP contribution in [0.2, 0.25) is 0 Å². The van der Waals surface area contributed by atoms with Crippen molar-refractivity contribution < 1.29 is 35.8 Å². The normalized spacial score (nSPS) is 13.4. The second kappa shape index (κ2) is 12.7. The molecule has 0 saturated heterocycles. The second-order valence-corrected chi connectivity index (χ2v) is 12.6. The van der Waals surface area contributed by atoms with Crippen LogP contribution in [0.25, 0.3) is 0 Å². The van der Waals surface area contributed by atoms with Gasteiger partial charge in [0.15, 0.2) is 9.84 Å². The maximum atomic E-state index is 13.4. The smallest absolute Gasteiger partial charge is 0.416 e. The van der Waals surface area contributed by atoms with Gasteiger partial charge in [-0.05, 0) is 67.6 Å². The fraction of sp³-hybridized carbons (Fsp3) is 0.400. The molecule has 0 aliphatic carbocycles. The zero-order chi connectivity index (χ0) is 29.7. The van der Waals surface area contributed by atoms with Crippen molar-refractivity contribution in [1.29, 1.82) is 0 Å². The second-order valence-electron chi connectivity index (χ2n) is 10.6. The predicted octanol–water partition coefficient (Wildman–Crippen LogP) is 6.55. The molecular weight excluding hydrogens is 546 g/mol. The van der Waals surface area contributed by atoms with Gasteiger partial charge in [-0.2, -0.15) is 13.2 Å². The number of nitrogens with zero attached hydrogens (tertiary/aromatic N) is 1. The lowest BCUT2D eigenvalue weighted by atomic mass is 9.98. The lowest BCUT2D eigenvalue weighted by Crippen LogP contribution is -2.29. The lowest BCUT2D eigenvalue weighted by molar-refractivity contribution is -0.137. The van der Waals surface area contributed by atoms with Gasteiger partial charge in [-0.1, -0.05) is 43.3 Å². The Bertz CT molecular complexity index is 1380. The first-order valence-corrected chi connectivity index (χ1v) is 14.8. The molecule has 0 aliphatic rings. The standard InChI is InChI=1S/C30H35F4NO4S/c1-21(23-9-11-25(31)12-10-23)19-35(20-22-7-5-8-24(17-22)30(32,33)34)15-6-16-39-26-13-14-27(29(2,3)36)28(18-26)40(4,37)38/h5,7-14,17-18,21,36H,6,15-16,19-20H2,1-4H3. The Morgan fingerprint density at radius 2 is 1.68 bits per heavy atom. The Labute approximate surface area is 233 Å². The molecule has 0 saturated carbocycles. The van der Waals surface area contributed by atoms with Gasteiger partial charge in [0.05, 0.1) is 22.7 Å². The molecule has 1 unspecified atom stereocenters. The minimum absolute atomic E-state index is 0.0148. The zero-order valence-corrected chi connectivity index (χ0v) is 23.8. The Hall–Kier alpha value is -2.95. The monoisotopic (exact) mass is 581 g/mol. The fourth-order valence-electron chi connectivity index (χ4n) is 4.51. The summed E-state index contributed by atoms with van der Waals surface area (Å²) in [7, 11) is -3.63. The summed E-state index contributed by atoms with van der Waals surface area (Å²) in [6, 6.07) is 15.9. The number of halogens is 4. The minimum atomic E-state index is -4.44. The van der Waals surface area contributed by atoms with E-state index in [9.17, 15) is 31.1 Å². The number of alkyl halides is 3. The molecule has 3 aromatic carbocycles. The van der Waals surface area contributed by atoms with Crippen molar-refractivity contribution in [2.45, 2.75) is 56.3 Å². The van der Waals surface area contributed by atoms with E-state index in [0.29, 0.717) is 30.8 Å². The van der Waals surface area contributed by atoms with Crippen LogP contribution in [0.4, 0.5) is 17.6 Å². The fourth-order valence-corrected chi connectivity index (χ4v) is 5.55. The number of rotatable bonds is 12. The van der Waals surface area contributed by atoms with Crippen molar-refractivity contribution in [1.82, 2.24) is 4.90 Å². The molecule has 0 aromatic heterocycles. The van der Waals surface area contributed by atoms with Gasteiger partial charge in [-0.25, -0.2) is 12.8 Å². The lowest BCUT2D eigenvalue weighted by Gasteiger charge is -2.26. The number of sulfone groups is 1. The van der Waals surface area contributed by atoms with E-state index in [1.807, 2.05) is 11.8 Å². The first-order chi connectivity index (χ1) is 18.5. The van der Waals surface area contributed by atoms with Crippen molar-refractivity contribution in [2.75, 3.05) is 26.0 Å². The highest BCUT2D eigenvalue weighted by molar-refractivity contribution is 7.90. The van der Waals surface area contributed by atoms with E-state index in [0.717, 1.165) is 24.0 Å². The summed E-state index contributed by atoms with van der Waals surface area (Å²) in [6.45, 7) is 6.48. The summed E-state index contributed by atoms with van der Waals surface area (Å²) in [5.41, 5.74) is -0.378. The summed E-state index contributed by atoms with van der Waals surface area (Å²) in [6.07, 6.45) is -2.87. The summed E-state index contributed by atoms with van der Waals surface area (Å²) in [4.78, 5) is 2.00. The van der Waals surface area contributed by atoms with Crippen LogP contribution in [0.1, 0.15) is 55.4 Å². The highest BCUT2D eigenvalue weighted by Gasteiger charge is 2.30. The van der Waals surface area contributed by atoms with Gasteiger partial charge in [0.25, 0.3) is 0 Å². The van der Waals surface area contributed by atoms with Crippen molar-refractivity contribution in [3.63, 3.8) is 0 Å². The molecule has 10 heteroatoms. The Balaban J connectivity index is 1.72. The molecular formula is C30H35F4NO4S. The highest BCUT2D eigenvalue weighted by Crippen LogP contribution is 2.31. The van der Waals surface area contributed by atoms with Crippen LogP contribution in [0.3, 0.4) is 0 Å². The van der Waals surface area contributed by atoms with Crippen molar-refractivity contribution in [3.05, 3.63) is 94.8 Å². The molecule has 1 N–H and O–H groups in total. The van der Waals surface area contributed by atoms with Gasteiger partial charge in [-0.3, -0.25) is 4.90 Å². The topological polar surface area (TPSA) is 66.8 Å². The zero-order valence-electron chi connectivity index (χ0n) is 23.0. The molecule has 5 nitrogen and oxygen atoms in total. The first-order valence-electron chi connectivity index (χ1n) is 12.9. The third-order valence-corrected chi connectivity index (χ3v) is 7.67. The number of hydrogen-bond acceptors (Lipinski definition) is 5.